The first-order chi connectivity index (χ1) is 8.88. The van der Waals surface area contributed by atoms with Crippen molar-refractivity contribution in [3.63, 3.8) is 0 Å². The first-order valence-electron chi connectivity index (χ1n) is 4.87. The SMILES string of the molecule is N=C/C(NC(=O)c1c(Cl)cccc1Cl)=C(\N)C(=O)O. The minimum atomic E-state index is -1.45. The molecule has 0 spiro atoms. The summed E-state index contributed by atoms with van der Waals surface area (Å²) in [6.07, 6.45) is 0.617. The van der Waals surface area contributed by atoms with Crippen molar-refractivity contribution in [2.24, 2.45) is 5.73 Å². The average Bonchev–Trinajstić information content (AvgIpc) is 2.34. The summed E-state index contributed by atoms with van der Waals surface area (Å²) in [4.78, 5) is 22.6. The molecule has 0 saturated heterocycles. The molecule has 0 aliphatic rings. The molecule has 6 nitrogen and oxygen atoms in total. The lowest BCUT2D eigenvalue weighted by Crippen LogP contribution is -2.29. The fraction of sp³-hybridized carbons (Fsp3) is 0. The van der Waals surface area contributed by atoms with Crippen LogP contribution >= 0.6 is 23.2 Å². The van der Waals surface area contributed by atoms with Crippen LogP contribution < -0.4 is 11.1 Å². The van der Waals surface area contributed by atoms with Crippen molar-refractivity contribution in [2.45, 2.75) is 0 Å². The van der Waals surface area contributed by atoms with E-state index in [9.17, 15) is 9.59 Å². The summed E-state index contributed by atoms with van der Waals surface area (Å²) in [7, 11) is 0. The summed E-state index contributed by atoms with van der Waals surface area (Å²) < 4.78 is 0. The number of nitrogens with one attached hydrogen (secondary N) is 2. The van der Waals surface area contributed by atoms with E-state index in [1.807, 2.05) is 0 Å². The van der Waals surface area contributed by atoms with Gasteiger partial charge in [0.05, 0.1) is 21.3 Å². The van der Waals surface area contributed by atoms with Gasteiger partial charge in [0.2, 0.25) is 0 Å². The van der Waals surface area contributed by atoms with Crippen LogP contribution in [0.15, 0.2) is 29.6 Å². The molecule has 0 aliphatic carbocycles. The molecule has 0 heterocycles. The predicted molar refractivity (Wildman–Crippen MR) is 71.6 cm³/mol. The molecule has 0 bridgehead atoms. The van der Waals surface area contributed by atoms with Crippen molar-refractivity contribution in [3.8, 4) is 0 Å². The molecule has 0 atom stereocenters. The minimum absolute atomic E-state index is 0.0247. The van der Waals surface area contributed by atoms with Gasteiger partial charge in [0.1, 0.15) is 5.70 Å². The van der Waals surface area contributed by atoms with E-state index in [1.54, 1.807) is 6.07 Å². The van der Waals surface area contributed by atoms with Crippen LogP contribution in [0.2, 0.25) is 10.0 Å². The van der Waals surface area contributed by atoms with E-state index in [0.29, 0.717) is 6.21 Å². The highest BCUT2D eigenvalue weighted by molar-refractivity contribution is 6.39. The summed E-state index contributed by atoms with van der Waals surface area (Å²) in [5.74, 6) is -2.21. The van der Waals surface area contributed by atoms with E-state index in [-0.39, 0.29) is 21.3 Å². The van der Waals surface area contributed by atoms with Gasteiger partial charge >= 0.3 is 5.97 Å². The second-order valence-electron chi connectivity index (χ2n) is 3.33. The van der Waals surface area contributed by atoms with Crippen molar-refractivity contribution in [3.05, 3.63) is 45.2 Å². The molecule has 1 aromatic carbocycles. The number of carbonyl (C=O) groups is 2. The Labute approximate surface area is 118 Å². The lowest BCUT2D eigenvalue weighted by atomic mass is 10.2. The van der Waals surface area contributed by atoms with Gasteiger partial charge in [-0.1, -0.05) is 29.3 Å². The fourth-order valence-electron chi connectivity index (χ4n) is 1.20. The number of allylic oxidation sites excluding steroid dienone is 1. The molecule has 0 radical (unpaired) electrons. The monoisotopic (exact) mass is 301 g/mol. The minimum Gasteiger partial charge on any atom is -0.477 e. The molecule has 1 rings (SSSR count). The number of hydrogen-bond donors (Lipinski definition) is 4. The zero-order chi connectivity index (χ0) is 14.6. The van der Waals surface area contributed by atoms with Crippen LogP contribution in [0.25, 0.3) is 0 Å². The van der Waals surface area contributed by atoms with Gasteiger partial charge in [0, 0.05) is 6.21 Å². The maximum absolute atomic E-state index is 11.9. The Morgan fingerprint density at radius 2 is 1.84 bits per heavy atom. The number of carboxylic acids is 1. The van der Waals surface area contributed by atoms with E-state index >= 15 is 0 Å². The fourth-order valence-corrected chi connectivity index (χ4v) is 1.77. The van der Waals surface area contributed by atoms with Crippen LogP contribution in [-0.2, 0) is 4.79 Å². The van der Waals surface area contributed by atoms with E-state index < -0.39 is 17.6 Å². The number of carbonyl (C=O) groups excluding carboxylic acids is 1. The van der Waals surface area contributed by atoms with E-state index in [4.69, 9.17) is 39.5 Å². The van der Waals surface area contributed by atoms with Gasteiger partial charge in [0.25, 0.3) is 5.91 Å². The molecule has 5 N–H and O–H groups in total. The Hall–Kier alpha value is -2.05. The Bertz CT molecular complexity index is 564. The molecule has 8 heteroatoms. The average molecular weight is 302 g/mol. The molecule has 0 aliphatic heterocycles. The highest BCUT2D eigenvalue weighted by Crippen LogP contribution is 2.24. The second-order valence-corrected chi connectivity index (χ2v) is 4.14. The first kappa shape index (κ1) is 15.0. The quantitative estimate of drug-likeness (QED) is 0.499. The summed E-state index contributed by atoms with van der Waals surface area (Å²) in [5.41, 5.74) is 4.18. The normalized spacial score (nSPS) is 11.5. The van der Waals surface area contributed by atoms with Crippen LogP contribution in [0.5, 0.6) is 0 Å². The molecule has 0 unspecified atom stereocenters. The molecule has 1 aromatic rings. The topological polar surface area (TPSA) is 116 Å². The van der Waals surface area contributed by atoms with Crippen molar-refractivity contribution in [1.29, 1.82) is 5.41 Å². The molecule has 1 amide bonds. The molecule has 19 heavy (non-hydrogen) atoms. The summed E-state index contributed by atoms with van der Waals surface area (Å²) in [6.45, 7) is 0. The van der Waals surface area contributed by atoms with Gasteiger partial charge < -0.3 is 21.6 Å². The van der Waals surface area contributed by atoms with Gasteiger partial charge in [-0.05, 0) is 12.1 Å². The van der Waals surface area contributed by atoms with Gasteiger partial charge in [-0.2, -0.15) is 0 Å². The number of rotatable bonds is 4. The number of halogens is 2. The first-order valence-corrected chi connectivity index (χ1v) is 5.63. The standard InChI is InChI=1S/C11H9Cl2N3O3/c12-5-2-1-3-6(13)8(5)10(17)16-7(4-14)9(15)11(18)19/h1-4,14H,15H2,(H,16,17)(H,18,19)/b9-7+,14-4?. The third-order valence-corrected chi connectivity index (χ3v) is 2.73. The third-order valence-electron chi connectivity index (χ3n) is 2.10. The van der Waals surface area contributed by atoms with E-state index in [2.05, 4.69) is 5.32 Å². The Balaban J connectivity index is 3.13. The van der Waals surface area contributed by atoms with Gasteiger partial charge in [-0.3, -0.25) is 4.79 Å². The Morgan fingerprint density at radius 1 is 1.32 bits per heavy atom. The Morgan fingerprint density at radius 3 is 2.26 bits per heavy atom. The second kappa shape index (κ2) is 6.21. The van der Waals surface area contributed by atoms with Crippen molar-refractivity contribution < 1.29 is 14.7 Å². The predicted octanol–water partition coefficient (Wildman–Crippen LogP) is 1.63. The summed E-state index contributed by atoms with van der Waals surface area (Å²) in [5, 5.41) is 18.1. The van der Waals surface area contributed by atoms with Crippen LogP contribution in [0.4, 0.5) is 0 Å². The largest absolute Gasteiger partial charge is 0.477 e. The van der Waals surface area contributed by atoms with Gasteiger partial charge in [-0.25, -0.2) is 4.79 Å². The highest BCUT2D eigenvalue weighted by atomic mass is 35.5. The molecule has 0 fully saturated rings. The van der Waals surface area contributed by atoms with E-state index in [0.717, 1.165) is 0 Å². The van der Waals surface area contributed by atoms with Crippen molar-refractivity contribution >= 4 is 41.3 Å². The number of hydrogen-bond acceptors (Lipinski definition) is 4. The van der Waals surface area contributed by atoms with Crippen LogP contribution in [0.1, 0.15) is 10.4 Å². The zero-order valence-electron chi connectivity index (χ0n) is 9.41. The van der Waals surface area contributed by atoms with E-state index in [1.165, 1.54) is 12.1 Å². The van der Waals surface area contributed by atoms with Crippen LogP contribution in [0, 0.1) is 5.41 Å². The number of aliphatic carboxylic acids is 1. The number of carboxylic acid groups (broad SMARTS) is 1. The lowest BCUT2D eigenvalue weighted by molar-refractivity contribution is -0.132. The van der Waals surface area contributed by atoms with Crippen LogP contribution in [-0.4, -0.2) is 23.2 Å². The summed E-state index contributed by atoms with van der Waals surface area (Å²) in [6, 6.07) is 4.47. The maximum Gasteiger partial charge on any atom is 0.353 e. The smallest absolute Gasteiger partial charge is 0.353 e. The van der Waals surface area contributed by atoms with Crippen molar-refractivity contribution in [2.75, 3.05) is 0 Å². The molecule has 100 valence electrons. The number of nitrogens with two attached hydrogens (primary N) is 1. The van der Waals surface area contributed by atoms with Crippen LogP contribution in [0.3, 0.4) is 0 Å². The van der Waals surface area contributed by atoms with Crippen molar-refractivity contribution in [1.82, 2.24) is 5.32 Å². The maximum atomic E-state index is 11.9. The third kappa shape index (κ3) is 3.46. The number of amides is 1. The molecular formula is C11H9Cl2N3O3. The molecule has 0 aromatic heterocycles. The summed E-state index contributed by atoms with van der Waals surface area (Å²) >= 11 is 11.7. The molecular weight excluding hydrogens is 293 g/mol. The Kier molecular flexibility index (Phi) is 4.91. The highest BCUT2D eigenvalue weighted by Gasteiger charge is 2.17. The van der Waals surface area contributed by atoms with Gasteiger partial charge in [0.15, 0.2) is 0 Å². The lowest BCUT2D eigenvalue weighted by Gasteiger charge is -2.09. The molecule has 0 saturated carbocycles. The van der Waals surface area contributed by atoms with Gasteiger partial charge in [-0.15, -0.1) is 0 Å². The number of benzene rings is 1. The zero-order valence-corrected chi connectivity index (χ0v) is 10.9.